The minimum absolute atomic E-state index is 0.562. The van der Waals surface area contributed by atoms with Crippen molar-refractivity contribution in [1.82, 2.24) is 0 Å². The Morgan fingerprint density at radius 3 is 2.55 bits per heavy atom. The number of anilines is 1. The Bertz CT molecular complexity index is 615. The third kappa shape index (κ3) is 2.69. The molecule has 0 aromatic carbocycles. The number of carbonyl (C=O) groups is 1. The van der Waals surface area contributed by atoms with Crippen molar-refractivity contribution in [2.75, 3.05) is 19.0 Å². The molecule has 0 bridgehead atoms. The monoisotopic (exact) mass is 304 g/mol. The first-order chi connectivity index (χ1) is 9.20. The summed E-state index contributed by atoms with van der Waals surface area (Å²) in [6, 6.07) is 1.84. The predicted octanol–water partition coefficient (Wildman–Crippen LogP) is 2.98. The summed E-state index contributed by atoms with van der Waals surface area (Å²) in [4.78, 5) is 17.9. The van der Waals surface area contributed by atoms with Gasteiger partial charge in [-0.2, -0.15) is 13.2 Å². The van der Waals surface area contributed by atoms with Gasteiger partial charge in [0.1, 0.15) is 0 Å². The first kappa shape index (κ1) is 14.6. The third-order valence-electron chi connectivity index (χ3n) is 2.62. The van der Waals surface area contributed by atoms with Crippen molar-refractivity contribution in [2.45, 2.75) is 13.1 Å². The quantitative estimate of drug-likeness (QED) is 0.623. The molecule has 0 unspecified atom stereocenters. The summed E-state index contributed by atoms with van der Waals surface area (Å²) in [5, 5.41) is 3.69. The number of oxime groups is 1. The molecule has 0 aliphatic carbocycles. The molecule has 4 nitrogen and oxygen atoms in total. The molecule has 108 valence electrons. The topological polar surface area (TPSA) is 41.9 Å². The van der Waals surface area contributed by atoms with Crippen molar-refractivity contribution < 1.29 is 22.8 Å². The zero-order valence-electron chi connectivity index (χ0n) is 10.9. The van der Waals surface area contributed by atoms with Crippen LogP contribution in [0.1, 0.15) is 10.4 Å². The molecule has 0 N–H and O–H groups in total. The van der Waals surface area contributed by atoms with E-state index in [-0.39, 0.29) is 0 Å². The maximum absolute atomic E-state index is 12.7. The van der Waals surface area contributed by atoms with Crippen molar-refractivity contribution in [3.63, 3.8) is 0 Å². The number of halogens is 3. The zero-order chi connectivity index (χ0) is 15.1. The number of hydrogen-bond donors (Lipinski definition) is 0. The lowest BCUT2D eigenvalue weighted by Gasteiger charge is -2.07. The van der Waals surface area contributed by atoms with Crippen LogP contribution < -0.4 is 4.90 Å². The van der Waals surface area contributed by atoms with E-state index in [0.717, 1.165) is 10.6 Å². The van der Waals surface area contributed by atoms with E-state index in [2.05, 4.69) is 9.99 Å². The maximum Gasteiger partial charge on any atom is 0.437 e. The molecule has 0 spiro atoms. The van der Waals surface area contributed by atoms with Gasteiger partial charge in [0.15, 0.2) is 5.71 Å². The fourth-order valence-corrected chi connectivity index (χ4v) is 2.63. The number of carbonyl (C=O) groups excluding carboxylic acids is 1. The Balaban J connectivity index is 2.44. The summed E-state index contributed by atoms with van der Waals surface area (Å²) in [5.74, 6) is -1.09. The van der Waals surface area contributed by atoms with Crippen LogP contribution in [0, 0.1) is 6.92 Å². The Labute approximate surface area is 117 Å². The molecular formula is C12H11F3N2O2S. The molecule has 0 atom stereocenters. The van der Waals surface area contributed by atoms with Gasteiger partial charge in [-0.05, 0) is 24.6 Å². The molecule has 1 aliphatic heterocycles. The van der Waals surface area contributed by atoms with Crippen molar-refractivity contribution in [2.24, 2.45) is 5.16 Å². The first-order valence-electron chi connectivity index (χ1n) is 5.56. The number of thiophene rings is 1. The highest BCUT2D eigenvalue weighted by Crippen LogP contribution is 2.33. The molecular weight excluding hydrogens is 293 g/mol. The number of nitrogens with zero attached hydrogens (tertiary/aromatic N) is 2. The molecule has 0 radical (unpaired) electrons. The van der Waals surface area contributed by atoms with E-state index in [1.54, 1.807) is 6.92 Å². The SMILES string of the molecule is Cc1cc(N(C)C)sc1/C=C1\C(=O)ON=C1C(F)(F)F. The Kier molecular flexibility index (Phi) is 3.59. The molecule has 1 aliphatic rings. The smallest absolute Gasteiger partial charge is 0.370 e. The average molecular weight is 304 g/mol. The minimum Gasteiger partial charge on any atom is -0.370 e. The van der Waals surface area contributed by atoms with Gasteiger partial charge in [-0.3, -0.25) is 0 Å². The summed E-state index contributed by atoms with van der Waals surface area (Å²) in [6.07, 6.45) is -3.54. The van der Waals surface area contributed by atoms with Crippen LogP contribution in [0.15, 0.2) is 16.8 Å². The van der Waals surface area contributed by atoms with E-state index in [9.17, 15) is 18.0 Å². The molecule has 2 heterocycles. The fraction of sp³-hybridized carbons (Fsp3) is 0.333. The van der Waals surface area contributed by atoms with Gasteiger partial charge in [0.25, 0.3) is 0 Å². The molecule has 0 saturated heterocycles. The van der Waals surface area contributed by atoms with Crippen molar-refractivity contribution in [3.05, 3.63) is 22.1 Å². The predicted molar refractivity (Wildman–Crippen MR) is 70.9 cm³/mol. The van der Waals surface area contributed by atoms with E-state index in [4.69, 9.17) is 0 Å². The van der Waals surface area contributed by atoms with Crippen LogP contribution in [0.3, 0.4) is 0 Å². The maximum atomic E-state index is 12.7. The Morgan fingerprint density at radius 2 is 2.05 bits per heavy atom. The van der Waals surface area contributed by atoms with Crippen LogP contribution in [0.4, 0.5) is 18.2 Å². The normalized spacial score (nSPS) is 17.4. The van der Waals surface area contributed by atoms with E-state index < -0.39 is 23.4 Å². The number of aryl methyl sites for hydroxylation is 1. The summed E-state index contributed by atoms with van der Waals surface area (Å²) in [6.45, 7) is 1.76. The van der Waals surface area contributed by atoms with Crippen LogP contribution >= 0.6 is 11.3 Å². The molecule has 20 heavy (non-hydrogen) atoms. The standard InChI is InChI=1S/C12H11F3N2O2S/c1-6-4-9(17(2)3)20-8(6)5-7-10(12(13,14)15)16-19-11(7)18/h4-5H,1-3H3/b7-5-. The van der Waals surface area contributed by atoms with Crippen molar-refractivity contribution in [3.8, 4) is 0 Å². The number of alkyl halides is 3. The minimum atomic E-state index is -4.71. The molecule has 0 saturated carbocycles. The van der Waals surface area contributed by atoms with E-state index in [0.29, 0.717) is 4.88 Å². The van der Waals surface area contributed by atoms with Crippen LogP contribution in [-0.4, -0.2) is 32.0 Å². The van der Waals surface area contributed by atoms with Crippen LogP contribution in [0.5, 0.6) is 0 Å². The Morgan fingerprint density at radius 1 is 1.40 bits per heavy atom. The van der Waals surface area contributed by atoms with Gasteiger partial charge in [0.05, 0.1) is 10.6 Å². The molecule has 0 fully saturated rings. The average Bonchev–Trinajstić information content (AvgIpc) is 2.84. The molecule has 1 aromatic heterocycles. The lowest BCUT2D eigenvalue weighted by Crippen LogP contribution is -2.24. The highest BCUT2D eigenvalue weighted by molar-refractivity contribution is 7.17. The molecule has 8 heteroatoms. The van der Waals surface area contributed by atoms with Crippen LogP contribution in [0.2, 0.25) is 0 Å². The summed E-state index contributed by atoms with van der Waals surface area (Å²) >= 11 is 1.29. The van der Waals surface area contributed by atoms with Gasteiger partial charge >= 0.3 is 12.1 Å². The second-order valence-corrected chi connectivity index (χ2v) is 5.46. The molecule has 0 amide bonds. The zero-order valence-corrected chi connectivity index (χ0v) is 11.7. The third-order valence-corrected chi connectivity index (χ3v) is 3.97. The summed E-state index contributed by atoms with van der Waals surface area (Å²) < 4.78 is 38.1. The van der Waals surface area contributed by atoms with Crippen molar-refractivity contribution >= 4 is 34.1 Å². The molecule has 2 rings (SSSR count). The van der Waals surface area contributed by atoms with Gasteiger partial charge in [-0.15, -0.1) is 11.3 Å². The van der Waals surface area contributed by atoms with Gasteiger partial charge in [0.2, 0.25) is 0 Å². The highest BCUT2D eigenvalue weighted by atomic mass is 32.1. The fourth-order valence-electron chi connectivity index (χ4n) is 1.59. The summed E-state index contributed by atoms with van der Waals surface area (Å²) in [5.41, 5.74) is -1.07. The molecule has 1 aromatic rings. The Hall–Kier alpha value is -1.83. The second kappa shape index (κ2) is 4.93. The van der Waals surface area contributed by atoms with E-state index >= 15 is 0 Å². The lowest BCUT2D eigenvalue weighted by atomic mass is 10.1. The first-order valence-corrected chi connectivity index (χ1v) is 6.38. The van der Waals surface area contributed by atoms with Gasteiger partial charge < -0.3 is 9.74 Å². The number of rotatable bonds is 2. The lowest BCUT2D eigenvalue weighted by molar-refractivity contribution is -0.136. The van der Waals surface area contributed by atoms with Gasteiger partial charge in [0, 0.05) is 19.0 Å². The summed E-state index contributed by atoms with van der Waals surface area (Å²) in [7, 11) is 3.66. The highest BCUT2D eigenvalue weighted by Gasteiger charge is 2.45. The van der Waals surface area contributed by atoms with Crippen LogP contribution in [0.25, 0.3) is 6.08 Å². The van der Waals surface area contributed by atoms with Crippen molar-refractivity contribution in [1.29, 1.82) is 0 Å². The van der Waals surface area contributed by atoms with E-state index in [1.165, 1.54) is 17.4 Å². The largest absolute Gasteiger partial charge is 0.437 e. The van der Waals surface area contributed by atoms with E-state index in [1.807, 2.05) is 25.1 Å². The number of hydrogen-bond acceptors (Lipinski definition) is 5. The van der Waals surface area contributed by atoms with Gasteiger partial charge in [-0.1, -0.05) is 5.16 Å². The van der Waals surface area contributed by atoms with Crippen LogP contribution in [-0.2, 0) is 9.63 Å². The second-order valence-electron chi connectivity index (χ2n) is 4.40. The van der Waals surface area contributed by atoms with Gasteiger partial charge in [-0.25, -0.2) is 4.79 Å².